The number of urea groups is 1. The molecule has 0 saturated carbocycles. The lowest BCUT2D eigenvalue weighted by molar-refractivity contribution is -0.123. The lowest BCUT2D eigenvalue weighted by Gasteiger charge is -2.20. The monoisotopic (exact) mass is 297 g/mol. The largest absolute Gasteiger partial charge is 0.354 e. The second kappa shape index (κ2) is 7.75. The van der Waals surface area contributed by atoms with Crippen molar-refractivity contribution in [1.29, 1.82) is 0 Å². The fourth-order valence-electron chi connectivity index (χ4n) is 1.82. The Morgan fingerprint density at radius 3 is 2.60 bits per heavy atom. The van der Waals surface area contributed by atoms with Crippen molar-refractivity contribution in [3.8, 4) is 0 Å². The number of nitrogens with one attached hydrogen (secondary N) is 2. The quantitative estimate of drug-likeness (QED) is 0.746. The number of carbonyl (C=O) groups excluding carboxylic acids is 2. The lowest BCUT2D eigenvalue weighted by atomic mass is 10.0. The minimum atomic E-state index is -0.700. The zero-order valence-electron chi connectivity index (χ0n) is 11.7. The Morgan fingerprint density at radius 2 is 2.05 bits per heavy atom. The molecular formula is C14H20ClN3O2. The molecule has 110 valence electrons. The third-order valence-electron chi connectivity index (χ3n) is 2.85. The van der Waals surface area contributed by atoms with Gasteiger partial charge in [0.25, 0.3) is 0 Å². The second-order valence-electron chi connectivity index (χ2n) is 4.90. The molecule has 0 saturated heterocycles. The Hall–Kier alpha value is -1.75. The van der Waals surface area contributed by atoms with Gasteiger partial charge in [-0.3, -0.25) is 4.79 Å². The fraction of sp³-hybridized carbons (Fsp3) is 0.429. The smallest absolute Gasteiger partial charge is 0.312 e. The van der Waals surface area contributed by atoms with Crippen molar-refractivity contribution in [2.24, 2.45) is 11.7 Å². The van der Waals surface area contributed by atoms with Crippen molar-refractivity contribution < 1.29 is 9.59 Å². The van der Waals surface area contributed by atoms with Crippen molar-refractivity contribution in [1.82, 2.24) is 10.6 Å². The van der Waals surface area contributed by atoms with Gasteiger partial charge in [-0.15, -0.1) is 0 Å². The summed E-state index contributed by atoms with van der Waals surface area (Å²) in [6.45, 7) is 4.16. The van der Waals surface area contributed by atoms with E-state index in [1.807, 2.05) is 32.0 Å². The Labute approximate surface area is 123 Å². The van der Waals surface area contributed by atoms with Crippen molar-refractivity contribution in [3.05, 3.63) is 34.9 Å². The number of amides is 3. The number of carbonyl (C=O) groups is 2. The molecule has 3 amide bonds. The first-order valence-electron chi connectivity index (χ1n) is 6.48. The lowest BCUT2D eigenvalue weighted by Crippen LogP contribution is -2.51. The Kier molecular flexibility index (Phi) is 6.31. The molecular weight excluding hydrogens is 278 g/mol. The summed E-state index contributed by atoms with van der Waals surface area (Å²) in [5.74, 6) is -0.269. The van der Waals surface area contributed by atoms with Gasteiger partial charge in [-0.25, -0.2) is 4.79 Å². The molecule has 0 spiro atoms. The molecule has 1 unspecified atom stereocenters. The zero-order valence-corrected chi connectivity index (χ0v) is 12.4. The van der Waals surface area contributed by atoms with E-state index in [1.165, 1.54) is 0 Å². The van der Waals surface area contributed by atoms with Gasteiger partial charge in [0.1, 0.15) is 6.04 Å². The third kappa shape index (κ3) is 5.48. The van der Waals surface area contributed by atoms with E-state index in [9.17, 15) is 9.59 Å². The van der Waals surface area contributed by atoms with Gasteiger partial charge in [0, 0.05) is 11.6 Å². The van der Waals surface area contributed by atoms with E-state index >= 15 is 0 Å². The predicted octanol–water partition coefficient (Wildman–Crippen LogP) is 1.69. The van der Waals surface area contributed by atoms with E-state index in [0.29, 0.717) is 18.0 Å². The summed E-state index contributed by atoms with van der Waals surface area (Å²) in [5.41, 5.74) is 6.10. The Balaban J connectivity index is 2.47. The molecule has 1 aromatic rings. The first-order valence-corrected chi connectivity index (χ1v) is 6.86. The summed E-state index contributed by atoms with van der Waals surface area (Å²) in [7, 11) is 0. The molecule has 0 fully saturated rings. The van der Waals surface area contributed by atoms with Crippen LogP contribution in [-0.4, -0.2) is 24.5 Å². The summed E-state index contributed by atoms with van der Waals surface area (Å²) in [6.07, 6.45) is 0.674. The predicted molar refractivity (Wildman–Crippen MR) is 79.5 cm³/mol. The third-order valence-corrected chi connectivity index (χ3v) is 3.08. The maximum absolute atomic E-state index is 12.0. The highest BCUT2D eigenvalue weighted by Gasteiger charge is 2.22. The van der Waals surface area contributed by atoms with Gasteiger partial charge in [0.15, 0.2) is 0 Å². The highest BCUT2D eigenvalue weighted by Crippen LogP contribution is 2.10. The van der Waals surface area contributed by atoms with Gasteiger partial charge < -0.3 is 16.4 Å². The topological polar surface area (TPSA) is 84.2 Å². The van der Waals surface area contributed by atoms with E-state index in [1.54, 1.807) is 6.07 Å². The molecule has 0 aliphatic heterocycles. The maximum Gasteiger partial charge on any atom is 0.312 e. The number of halogens is 1. The first kappa shape index (κ1) is 16.3. The molecule has 1 atom stereocenters. The number of hydrogen-bond donors (Lipinski definition) is 3. The summed E-state index contributed by atoms with van der Waals surface area (Å²) >= 11 is 5.89. The van der Waals surface area contributed by atoms with Crippen LogP contribution < -0.4 is 16.4 Å². The maximum atomic E-state index is 12.0. The normalized spacial score (nSPS) is 12.0. The van der Waals surface area contributed by atoms with Crippen LogP contribution >= 0.6 is 11.6 Å². The molecule has 20 heavy (non-hydrogen) atoms. The molecule has 1 rings (SSSR count). The summed E-state index contributed by atoms with van der Waals surface area (Å²) < 4.78 is 0. The molecule has 0 radical (unpaired) electrons. The van der Waals surface area contributed by atoms with Gasteiger partial charge in [-0.1, -0.05) is 37.6 Å². The highest BCUT2D eigenvalue weighted by molar-refractivity contribution is 6.30. The molecule has 6 heteroatoms. The molecule has 5 nitrogen and oxygen atoms in total. The van der Waals surface area contributed by atoms with E-state index in [4.69, 9.17) is 17.3 Å². The van der Waals surface area contributed by atoms with Crippen molar-refractivity contribution in [3.63, 3.8) is 0 Å². The SMILES string of the molecule is CC(C)C(NC(N)=O)C(=O)NCCc1cccc(Cl)c1. The van der Waals surface area contributed by atoms with Gasteiger partial charge in [-0.2, -0.15) is 0 Å². The van der Waals surface area contributed by atoms with Gasteiger partial charge >= 0.3 is 6.03 Å². The molecule has 0 aromatic heterocycles. The zero-order chi connectivity index (χ0) is 15.1. The van der Waals surface area contributed by atoms with Gasteiger partial charge in [-0.05, 0) is 30.0 Å². The highest BCUT2D eigenvalue weighted by atomic mass is 35.5. The number of primary amides is 1. The standard InChI is InChI=1S/C14H20ClN3O2/c1-9(2)12(18-14(16)20)13(19)17-7-6-10-4-3-5-11(15)8-10/h3-5,8-9,12H,6-7H2,1-2H3,(H,17,19)(H3,16,18,20). The van der Waals surface area contributed by atoms with Crippen LogP contribution in [-0.2, 0) is 11.2 Å². The number of benzene rings is 1. The molecule has 0 aliphatic carbocycles. The summed E-state index contributed by atoms with van der Waals surface area (Å²) in [4.78, 5) is 22.8. The minimum Gasteiger partial charge on any atom is -0.354 e. The number of rotatable bonds is 6. The van der Waals surface area contributed by atoms with Crippen LogP contribution in [0.25, 0.3) is 0 Å². The van der Waals surface area contributed by atoms with E-state index < -0.39 is 12.1 Å². The second-order valence-corrected chi connectivity index (χ2v) is 5.34. The van der Waals surface area contributed by atoms with Crippen LogP contribution in [0.4, 0.5) is 4.79 Å². The Bertz CT molecular complexity index is 477. The van der Waals surface area contributed by atoms with Crippen LogP contribution in [0.2, 0.25) is 5.02 Å². The van der Waals surface area contributed by atoms with Crippen molar-refractivity contribution in [2.45, 2.75) is 26.3 Å². The average Bonchev–Trinajstić information content (AvgIpc) is 2.35. The average molecular weight is 298 g/mol. The molecule has 0 aliphatic rings. The number of nitrogens with two attached hydrogens (primary N) is 1. The minimum absolute atomic E-state index is 0.0336. The van der Waals surface area contributed by atoms with E-state index in [0.717, 1.165) is 5.56 Å². The van der Waals surface area contributed by atoms with Crippen molar-refractivity contribution >= 4 is 23.5 Å². The van der Waals surface area contributed by atoms with Crippen LogP contribution in [0, 0.1) is 5.92 Å². The fourth-order valence-corrected chi connectivity index (χ4v) is 2.03. The molecule has 4 N–H and O–H groups in total. The van der Waals surface area contributed by atoms with Crippen molar-refractivity contribution in [2.75, 3.05) is 6.54 Å². The molecule has 0 bridgehead atoms. The van der Waals surface area contributed by atoms with E-state index in [2.05, 4.69) is 10.6 Å². The van der Waals surface area contributed by atoms with E-state index in [-0.39, 0.29) is 11.8 Å². The summed E-state index contributed by atoms with van der Waals surface area (Å²) in [6, 6.07) is 6.15. The van der Waals surface area contributed by atoms with Crippen LogP contribution in [0.5, 0.6) is 0 Å². The first-order chi connectivity index (χ1) is 9.40. The van der Waals surface area contributed by atoms with Crippen LogP contribution in [0.1, 0.15) is 19.4 Å². The number of hydrogen-bond acceptors (Lipinski definition) is 2. The van der Waals surface area contributed by atoms with Crippen LogP contribution in [0.3, 0.4) is 0 Å². The van der Waals surface area contributed by atoms with Gasteiger partial charge in [0.05, 0.1) is 0 Å². The van der Waals surface area contributed by atoms with Crippen LogP contribution in [0.15, 0.2) is 24.3 Å². The molecule has 0 heterocycles. The van der Waals surface area contributed by atoms with Gasteiger partial charge in [0.2, 0.25) is 5.91 Å². The Morgan fingerprint density at radius 1 is 1.35 bits per heavy atom. The summed E-state index contributed by atoms with van der Waals surface area (Å²) in [5, 5.41) is 5.90. The molecule has 1 aromatic carbocycles.